The Morgan fingerprint density at radius 2 is 1.07 bits per heavy atom. The van der Waals surface area contributed by atoms with E-state index in [4.69, 9.17) is 17.2 Å². The molecule has 3 aliphatic carbocycles. The molecule has 3 aliphatic rings. The Morgan fingerprint density at radius 1 is 0.741 bits per heavy atom. The normalized spacial score (nSPS) is 37.0. The Hall–Kier alpha value is -0.850. The van der Waals surface area contributed by atoms with Crippen molar-refractivity contribution in [2.75, 3.05) is 6.54 Å². The number of rotatable bonds is 4. The molecule has 0 aromatic carbocycles. The van der Waals surface area contributed by atoms with Gasteiger partial charge in [-0.1, -0.05) is 0 Å². The smallest absolute Gasteiger partial charge is 0.530 e. The van der Waals surface area contributed by atoms with Gasteiger partial charge in [0.2, 0.25) is 0 Å². The van der Waals surface area contributed by atoms with Gasteiger partial charge < -0.3 is 32.4 Å². The van der Waals surface area contributed by atoms with Crippen LogP contribution in [0.2, 0.25) is 0 Å². The lowest BCUT2D eigenvalue weighted by atomic mass is 9.76. The van der Waals surface area contributed by atoms with Crippen LogP contribution in [0.4, 0.5) is 4.79 Å². The molecule has 0 saturated heterocycles. The molecular weight excluding hydrogens is 340 g/mol. The third-order valence-corrected chi connectivity index (χ3v) is 6.88. The van der Waals surface area contributed by atoms with Crippen LogP contribution in [-0.4, -0.2) is 30.8 Å². The number of amides is 1. The number of hydrogen-bond donors (Lipinski definition) is 4. The van der Waals surface area contributed by atoms with Crippen LogP contribution >= 0.6 is 0 Å². The predicted octanol–water partition coefficient (Wildman–Crippen LogP) is 2.21. The minimum atomic E-state index is -1.18. The first kappa shape index (κ1) is 22.4. The van der Waals surface area contributed by atoms with E-state index in [0.29, 0.717) is 30.6 Å². The van der Waals surface area contributed by atoms with E-state index < -0.39 is 6.09 Å². The van der Waals surface area contributed by atoms with Crippen molar-refractivity contribution >= 4 is 6.09 Å². The van der Waals surface area contributed by atoms with Crippen molar-refractivity contribution in [2.45, 2.75) is 102 Å². The maximum atomic E-state index is 10.1. The van der Waals surface area contributed by atoms with Gasteiger partial charge >= 0.3 is 1.43 Å². The molecule has 0 unspecified atom stereocenters. The van der Waals surface area contributed by atoms with Gasteiger partial charge in [0.1, 0.15) is 6.09 Å². The van der Waals surface area contributed by atoms with E-state index in [-0.39, 0.29) is 2.85 Å². The summed E-state index contributed by atoms with van der Waals surface area (Å²) in [6.07, 6.45) is 14.9. The molecule has 0 radical (unpaired) electrons. The van der Waals surface area contributed by atoms with Gasteiger partial charge in [-0.05, 0) is 101 Å². The molecule has 1 amide bonds. The predicted molar refractivity (Wildman–Crippen MR) is 111 cm³/mol. The zero-order valence-electron chi connectivity index (χ0n) is 17.9. The summed E-state index contributed by atoms with van der Waals surface area (Å²) in [7, 11) is 0. The highest BCUT2D eigenvalue weighted by Gasteiger charge is 2.24. The number of hydrogen-bond acceptors (Lipinski definition) is 5. The average Bonchev–Trinajstić information content (AvgIpc) is 2.65. The van der Waals surface area contributed by atoms with Crippen LogP contribution in [0, 0.1) is 17.8 Å². The Kier molecular flexibility index (Phi) is 9.87. The first-order chi connectivity index (χ1) is 12.9. The fourth-order valence-electron chi connectivity index (χ4n) is 4.94. The van der Waals surface area contributed by atoms with Crippen LogP contribution in [0.5, 0.6) is 0 Å². The fraction of sp³-hybridized carbons (Fsp3) is 0.952. The minimum absolute atomic E-state index is 0. The van der Waals surface area contributed by atoms with Gasteiger partial charge in [-0.15, -0.1) is 0 Å². The van der Waals surface area contributed by atoms with Gasteiger partial charge in [-0.2, -0.15) is 0 Å². The molecule has 0 aromatic heterocycles. The largest absolute Gasteiger partial charge is 1.00 e. The molecule has 0 spiro atoms. The van der Waals surface area contributed by atoms with Crippen LogP contribution in [-0.2, 0) is 0 Å². The molecule has 6 nitrogen and oxygen atoms in total. The molecule has 3 rings (SSSR count). The zero-order valence-corrected chi connectivity index (χ0v) is 16.9. The van der Waals surface area contributed by atoms with Crippen LogP contribution in [0.1, 0.15) is 86.3 Å². The fourth-order valence-corrected chi connectivity index (χ4v) is 4.94. The van der Waals surface area contributed by atoms with E-state index in [2.05, 4.69) is 5.32 Å². The topological polar surface area (TPSA) is 130 Å². The summed E-state index contributed by atoms with van der Waals surface area (Å²) < 4.78 is 0. The molecule has 3 saturated carbocycles. The second-order valence-corrected chi connectivity index (χ2v) is 9.25. The molecule has 0 bridgehead atoms. The maximum Gasteiger partial charge on any atom is 1.00 e. The van der Waals surface area contributed by atoms with E-state index >= 15 is 0 Å². The van der Waals surface area contributed by atoms with Crippen LogP contribution in [0.25, 0.3) is 0 Å². The Bertz CT molecular complexity index is 401. The first-order valence-electron chi connectivity index (χ1n) is 11.1. The number of carboxylic acid groups (broad SMARTS) is 1. The molecule has 0 aliphatic heterocycles. The van der Waals surface area contributed by atoms with Crippen molar-refractivity contribution < 1.29 is 12.8 Å². The molecule has 6 heteroatoms. The number of carbonyl (C=O) groups is 1. The SMILES string of the molecule is NC1CCC(CC2CCC(N)CC2)CC1.NC1CCC(CNC(=O)[O-])CC1.[H+].[HH]. The third-order valence-electron chi connectivity index (χ3n) is 6.88. The second-order valence-electron chi connectivity index (χ2n) is 9.25. The molecule has 7 N–H and O–H groups in total. The van der Waals surface area contributed by atoms with Crippen LogP contribution < -0.4 is 27.6 Å². The maximum absolute atomic E-state index is 10.1. The summed E-state index contributed by atoms with van der Waals surface area (Å²) in [6, 6.07) is 1.33. The minimum Gasteiger partial charge on any atom is -0.530 e. The highest BCUT2D eigenvalue weighted by molar-refractivity contribution is 5.61. The highest BCUT2D eigenvalue weighted by Crippen LogP contribution is 2.34. The van der Waals surface area contributed by atoms with Gasteiger partial charge in [0.25, 0.3) is 0 Å². The molecule has 0 aromatic rings. The zero-order chi connectivity index (χ0) is 19.6. The van der Waals surface area contributed by atoms with Crippen molar-refractivity contribution in [1.82, 2.24) is 5.32 Å². The van der Waals surface area contributed by atoms with Crippen molar-refractivity contribution in [2.24, 2.45) is 35.0 Å². The van der Waals surface area contributed by atoms with E-state index in [9.17, 15) is 9.90 Å². The van der Waals surface area contributed by atoms with Crippen LogP contribution in [0.3, 0.4) is 0 Å². The standard InChI is InChI=1S/C13H26N2.C8H16N2O2.H2/c14-12-5-1-10(2-6-12)9-11-3-7-13(15)8-4-11;9-7-3-1-6(2-4-7)5-10-8(11)12;/h10-13H,1-9,14-15H2;6-7,10H,1-5,9H2,(H,11,12);1H. The summed E-state index contributed by atoms with van der Waals surface area (Å²) in [5.41, 5.74) is 17.6. The van der Waals surface area contributed by atoms with Crippen molar-refractivity contribution in [3.8, 4) is 0 Å². The third kappa shape index (κ3) is 9.26. The molecule has 0 heterocycles. The first-order valence-corrected chi connectivity index (χ1v) is 11.1. The van der Waals surface area contributed by atoms with Crippen molar-refractivity contribution in [1.29, 1.82) is 0 Å². The lowest BCUT2D eigenvalue weighted by Gasteiger charge is -2.32. The summed E-state index contributed by atoms with van der Waals surface area (Å²) in [5.74, 6) is 2.41. The Morgan fingerprint density at radius 3 is 1.41 bits per heavy atom. The van der Waals surface area contributed by atoms with Gasteiger partial charge in [-0.25, -0.2) is 0 Å². The summed E-state index contributed by atoms with van der Waals surface area (Å²) in [4.78, 5) is 10.1. The van der Waals surface area contributed by atoms with E-state index in [1.54, 1.807) is 0 Å². The Labute approximate surface area is 168 Å². The highest BCUT2D eigenvalue weighted by atomic mass is 16.4. The van der Waals surface area contributed by atoms with Gasteiger partial charge in [0.15, 0.2) is 0 Å². The van der Waals surface area contributed by atoms with E-state index in [0.717, 1.165) is 37.5 Å². The molecule has 160 valence electrons. The molecular formula is C21H44N4O2. The summed E-state index contributed by atoms with van der Waals surface area (Å²) in [6.45, 7) is 0.523. The summed E-state index contributed by atoms with van der Waals surface area (Å²) >= 11 is 0. The van der Waals surface area contributed by atoms with Crippen molar-refractivity contribution in [3.05, 3.63) is 0 Å². The van der Waals surface area contributed by atoms with Gasteiger partial charge in [-0.3, -0.25) is 0 Å². The lowest BCUT2D eigenvalue weighted by Crippen LogP contribution is -2.40. The monoisotopic (exact) mass is 384 g/mol. The Balaban J connectivity index is 0.000000518. The van der Waals surface area contributed by atoms with Gasteiger partial charge in [0, 0.05) is 26.1 Å². The van der Waals surface area contributed by atoms with E-state index in [1.165, 1.54) is 57.8 Å². The van der Waals surface area contributed by atoms with Crippen LogP contribution in [0.15, 0.2) is 0 Å². The number of carbonyl (C=O) groups excluding carboxylic acids is 1. The average molecular weight is 385 g/mol. The number of nitrogens with two attached hydrogens (primary N) is 3. The molecule has 27 heavy (non-hydrogen) atoms. The van der Waals surface area contributed by atoms with Gasteiger partial charge in [0.05, 0.1) is 0 Å². The molecule has 0 atom stereocenters. The quantitative estimate of drug-likeness (QED) is 0.590. The van der Waals surface area contributed by atoms with Crippen molar-refractivity contribution in [3.63, 3.8) is 0 Å². The van der Waals surface area contributed by atoms with E-state index in [1.807, 2.05) is 0 Å². The lowest BCUT2D eigenvalue weighted by molar-refractivity contribution is -0.251. The molecule has 3 fully saturated rings. The second kappa shape index (κ2) is 11.9. The number of nitrogens with one attached hydrogen (secondary N) is 1. The summed E-state index contributed by atoms with van der Waals surface area (Å²) in [5, 5.41) is 12.4.